The van der Waals surface area contributed by atoms with Crippen LogP contribution in [0.2, 0.25) is 0 Å². The number of ether oxygens (including phenoxy) is 1. The van der Waals surface area contributed by atoms with E-state index in [9.17, 15) is 4.79 Å². The average molecular weight is 351 g/mol. The molecule has 0 spiro atoms. The van der Waals surface area contributed by atoms with E-state index < -0.39 is 5.60 Å². The summed E-state index contributed by atoms with van der Waals surface area (Å²) < 4.78 is 10.5. The molecule has 1 aliphatic heterocycles. The van der Waals surface area contributed by atoms with Crippen LogP contribution in [-0.4, -0.2) is 65.3 Å². The molecular formula is C17H29N5O3. The smallest absolute Gasteiger partial charge is 0.410 e. The van der Waals surface area contributed by atoms with Crippen molar-refractivity contribution < 1.29 is 14.1 Å². The van der Waals surface area contributed by atoms with E-state index in [0.29, 0.717) is 38.7 Å². The zero-order chi connectivity index (χ0) is 18.6. The summed E-state index contributed by atoms with van der Waals surface area (Å²) in [5.41, 5.74) is 7.60. The van der Waals surface area contributed by atoms with Crippen molar-refractivity contribution in [1.29, 1.82) is 0 Å². The molecule has 1 fully saturated rings. The molecule has 1 saturated heterocycles. The number of hydrogen-bond acceptors (Lipinski definition) is 5. The van der Waals surface area contributed by atoms with Crippen molar-refractivity contribution in [1.82, 2.24) is 15.0 Å². The highest BCUT2D eigenvalue weighted by Gasteiger charge is 2.26. The maximum absolute atomic E-state index is 12.1. The second kappa shape index (κ2) is 7.76. The molecule has 0 saturated carbocycles. The van der Waals surface area contributed by atoms with Gasteiger partial charge in [0.05, 0.1) is 5.69 Å². The van der Waals surface area contributed by atoms with Gasteiger partial charge in [0, 0.05) is 38.3 Å². The molecule has 0 aliphatic carbocycles. The lowest BCUT2D eigenvalue weighted by Gasteiger charge is -2.36. The topological polar surface area (TPSA) is 97.2 Å². The molecular weight excluding hydrogens is 322 g/mol. The number of nitrogens with zero attached hydrogens (tertiary/aromatic N) is 4. The number of amides is 1. The number of aliphatic imine (C=N–C) groups is 1. The van der Waals surface area contributed by atoms with E-state index in [1.165, 1.54) is 0 Å². The van der Waals surface area contributed by atoms with Crippen molar-refractivity contribution in [2.75, 3.05) is 32.7 Å². The first-order valence-corrected chi connectivity index (χ1v) is 8.62. The Bertz CT molecular complexity index is 605. The predicted octanol–water partition coefficient (Wildman–Crippen LogP) is 1.70. The molecule has 0 unspecified atom stereocenters. The summed E-state index contributed by atoms with van der Waals surface area (Å²) in [5, 5.41) is 3.94. The molecule has 1 aromatic rings. The van der Waals surface area contributed by atoms with Crippen molar-refractivity contribution in [2.24, 2.45) is 10.7 Å². The maximum Gasteiger partial charge on any atom is 0.410 e. The summed E-state index contributed by atoms with van der Waals surface area (Å²) in [6.07, 6.45) is 0.473. The van der Waals surface area contributed by atoms with E-state index in [1.807, 2.05) is 39.5 Å². The molecule has 140 valence electrons. The number of carbonyl (C=O) groups is 1. The van der Waals surface area contributed by atoms with E-state index in [1.54, 1.807) is 4.90 Å². The number of guanidine groups is 1. The Balaban J connectivity index is 1.80. The summed E-state index contributed by atoms with van der Waals surface area (Å²) in [6, 6.07) is 0. The van der Waals surface area contributed by atoms with Gasteiger partial charge in [0.1, 0.15) is 11.4 Å². The number of nitrogens with two attached hydrogens (primary N) is 1. The van der Waals surface area contributed by atoms with Gasteiger partial charge in [-0.15, -0.1) is 0 Å². The van der Waals surface area contributed by atoms with Gasteiger partial charge in [-0.3, -0.25) is 4.99 Å². The lowest BCUT2D eigenvalue weighted by molar-refractivity contribution is 0.0186. The van der Waals surface area contributed by atoms with E-state index in [4.69, 9.17) is 15.0 Å². The zero-order valence-corrected chi connectivity index (χ0v) is 15.8. The summed E-state index contributed by atoms with van der Waals surface area (Å²) in [7, 11) is 0. The van der Waals surface area contributed by atoms with Crippen LogP contribution in [0.25, 0.3) is 0 Å². The molecule has 0 atom stereocenters. The highest BCUT2D eigenvalue weighted by molar-refractivity contribution is 5.78. The van der Waals surface area contributed by atoms with Gasteiger partial charge >= 0.3 is 6.09 Å². The SMILES string of the molecule is Cc1noc(C)c1CCN=C(N)N1CCN(C(=O)OC(C)(C)C)CC1. The van der Waals surface area contributed by atoms with Gasteiger partial charge in [0.25, 0.3) is 0 Å². The van der Waals surface area contributed by atoms with Crippen LogP contribution in [0, 0.1) is 13.8 Å². The second-order valence-corrected chi connectivity index (χ2v) is 7.25. The largest absolute Gasteiger partial charge is 0.444 e. The average Bonchev–Trinajstić information content (AvgIpc) is 2.85. The predicted molar refractivity (Wildman–Crippen MR) is 95.6 cm³/mol. The van der Waals surface area contributed by atoms with Crippen molar-refractivity contribution in [2.45, 2.75) is 46.6 Å². The Morgan fingerprint density at radius 1 is 1.24 bits per heavy atom. The summed E-state index contributed by atoms with van der Waals surface area (Å²) in [5.74, 6) is 1.34. The van der Waals surface area contributed by atoms with Crippen LogP contribution in [0.1, 0.15) is 37.8 Å². The standard InChI is InChI=1S/C17H29N5O3/c1-12-14(13(2)25-20-12)6-7-19-15(18)21-8-10-22(11-9-21)16(23)24-17(3,4)5/h6-11H2,1-5H3,(H2,18,19). The third kappa shape index (κ3) is 5.37. The van der Waals surface area contributed by atoms with Crippen LogP contribution in [0.15, 0.2) is 9.52 Å². The lowest BCUT2D eigenvalue weighted by atomic mass is 10.1. The maximum atomic E-state index is 12.1. The first-order valence-electron chi connectivity index (χ1n) is 8.62. The monoisotopic (exact) mass is 351 g/mol. The van der Waals surface area contributed by atoms with Gasteiger partial charge in [-0.05, 0) is 41.0 Å². The van der Waals surface area contributed by atoms with Gasteiger partial charge < -0.3 is 24.8 Å². The van der Waals surface area contributed by atoms with Gasteiger partial charge in [-0.1, -0.05) is 5.16 Å². The third-order valence-electron chi connectivity index (χ3n) is 4.07. The number of hydrogen-bond donors (Lipinski definition) is 1. The molecule has 1 aromatic heterocycles. The molecule has 1 amide bonds. The Kier molecular flexibility index (Phi) is 5.92. The van der Waals surface area contributed by atoms with Crippen molar-refractivity contribution >= 4 is 12.1 Å². The van der Waals surface area contributed by atoms with E-state index in [-0.39, 0.29) is 6.09 Å². The Hall–Kier alpha value is -2.25. The quantitative estimate of drug-likeness (QED) is 0.657. The van der Waals surface area contributed by atoms with Gasteiger partial charge in [-0.25, -0.2) is 4.79 Å². The number of aryl methyl sites for hydroxylation is 2. The Labute approximate surface area is 149 Å². The van der Waals surface area contributed by atoms with Crippen LogP contribution in [0.4, 0.5) is 4.79 Å². The van der Waals surface area contributed by atoms with E-state index in [2.05, 4.69) is 10.1 Å². The summed E-state index contributed by atoms with van der Waals surface area (Å²) >= 11 is 0. The van der Waals surface area contributed by atoms with E-state index >= 15 is 0 Å². The minimum Gasteiger partial charge on any atom is -0.444 e. The first-order chi connectivity index (χ1) is 11.7. The Morgan fingerprint density at radius 2 is 1.84 bits per heavy atom. The fourth-order valence-electron chi connectivity index (χ4n) is 2.69. The van der Waals surface area contributed by atoms with Crippen LogP contribution in [0.5, 0.6) is 0 Å². The third-order valence-corrected chi connectivity index (χ3v) is 4.07. The summed E-state index contributed by atoms with van der Waals surface area (Å²) in [4.78, 5) is 20.2. The minimum atomic E-state index is -0.479. The van der Waals surface area contributed by atoms with Crippen molar-refractivity contribution in [3.63, 3.8) is 0 Å². The molecule has 0 aromatic carbocycles. The zero-order valence-electron chi connectivity index (χ0n) is 15.8. The minimum absolute atomic E-state index is 0.277. The Morgan fingerprint density at radius 3 is 2.36 bits per heavy atom. The fraction of sp³-hybridized carbons (Fsp3) is 0.706. The molecule has 0 bridgehead atoms. The molecule has 2 rings (SSSR count). The highest BCUT2D eigenvalue weighted by atomic mass is 16.6. The molecule has 2 heterocycles. The van der Waals surface area contributed by atoms with Crippen LogP contribution in [0.3, 0.4) is 0 Å². The number of carbonyl (C=O) groups excluding carboxylic acids is 1. The molecule has 0 radical (unpaired) electrons. The number of aromatic nitrogens is 1. The molecule has 1 aliphatic rings. The number of rotatable bonds is 3. The lowest BCUT2D eigenvalue weighted by Crippen LogP contribution is -2.53. The second-order valence-electron chi connectivity index (χ2n) is 7.25. The van der Waals surface area contributed by atoms with Crippen LogP contribution < -0.4 is 5.73 Å². The van der Waals surface area contributed by atoms with Gasteiger partial charge in [0.15, 0.2) is 5.96 Å². The summed E-state index contributed by atoms with van der Waals surface area (Å²) in [6.45, 7) is 12.5. The highest BCUT2D eigenvalue weighted by Crippen LogP contribution is 2.13. The fourth-order valence-corrected chi connectivity index (χ4v) is 2.69. The first kappa shape index (κ1) is 19.1. The van der Waals surface area contributed by atoms with Crippen LogP contribution >= 0.6 is 0 Å². The van der Waals surface area contributed by atoms with Crippen molar-refractivity contribution in [3.05, 3.63) is 17.0 Å². The molecule has 8 nitrogen and oxygen atoms in total. The van der Waals surface area contributed by atoms with Crippen LogP contribution in [-0.2, 0) is 11.2 Å². The number of piperazine rings is 1. The van der Waals surface area contributed by atoms with Gasteiger partial charge in [0.2, 0.25) is 0 Å². The normalized spacial score (nSPS) is 16.3. The molecule has 2 N–H and O–H groups in total. The van der Waals surface area contributed by atoms with Gasteiger partial charge in [-0.2, -0.15) is 0 Å². The van der Waals surface area contributed by atoms with E-state index in [0.717, 1.165) is 23.4 Å². The molecule has 25 heavy (non-hydrogen) atoms. The van der Waals surface area contributed by atoms with Crippen molar-refractivity contribution in [3.8, 4) is 0 Å². The molecule has 8 heteroatoms.